The minimum Gasteiger partial charge on any atom is -0.480 e. The third-order valence-corrected chi connectivity index (χ3v) is 4.99. The highest BCUT2D eigenvalue weighted by Crippen LogP contribution is 2.18. The maximum Gasteiger partial charge on any atom is 0.327 e. The lowest BCUT2D eigenvalue weighted by Crippen LogP contribution is -2.36. The summed E-state index contributed by atoms with van der Waals surface area (Å²) in [7, 11) is 0. The van der Waals surface area contributed by atoms with E-state index in [1.165, 1.54) is 23.1 Å². The predicted octanol–water partition coefficient (Wildman–Crippen LogP) is -0.225. The number of carbonyl (C=O) groups excluding carboxylic acids is 1. The van der Waals surface area contributed by atoms with Crippen LogP contribution in [0.15, 0.2) is 6.07 Å². The van der Waals surface area contributed by atoms with Gasteiger partial charge in [-0.1, -0.05) is 0 Å². The Labute approximate surface area is 148 Å². The van der Waals surface area contributed by atoms with Crippen LogP contribution in [0, 0.1) is 5.41 Å². The van der Waals surface area contributed by atoms with Gasteiger partial charge in [0.25, 0.3) is 5.62 Å². The van der Waals surface area contributed by atoms with Crippen LogP contribution in [0.3, 0.4) is 0 Å². The molecule has 1 atom stereocenters. The van der Waals surface area contributed by atoms with Gasteiger partial charge >= 0.3 is 5.97 Å². The number of anilines is 2. The molecule has 2 aliphatic rings. The number of aromatic nitrogens is 2. The van der Waals surface area contributed by atoms with Crippen LogP contribution in [0.5, 0.6) is 0 Å². The summed E-state index contributed by atoms with van der Waals surface area (Å²) in [5, 5.41) is 25.2. The number of hydrogen-bond donors (Lipinski definition) is 4. The van der Waals surface area contributed by atoms with Gasteiger partial charge in [-0.25, -0.2) is 4.79 Å². The normalized spacial score (nSPS) is 19.9. The topological polar surface area (TPSA) is 149 Å². The van der Waals surface area contributed by atoms with E-state index in [2.05, 4.69) is 9.88 Å². The molecule has 1 unspecified atom stereocenters. The van der Waals surface area contributed by atoms with Crippen LogP contribution in [-0.4, -0.2) is 68.1 Å². The summed E-state index contributed by atoms with van der Waals surface area (Å²) in [5.74, 6) is 0.921. The maximum absolute atomic E-state index is 10.4. The van der Waals surface area contributed by atoms with Crippen LogP contribution in [0.1, 0.15) is 19.3 Å². The molecular formula is C14H22N6O4S. The van der Waals surface area contributed by atoms with Crippen molar-refractivity contribution in [2.24, 2.45) is 0 Å². The summed E-state index contributed by atoms with van der Waals surface area (Å²) in [6.07, 6.45) is 4.11. The van der Waals surface area contributed by atoms with Crippen molar-refractivity contribution in [2.75, 3.05) is 35.4 Å². The molecule has 138 valence electrons. The molecule has 0 saturated carbocycles. The average molecular weight is 370 g/mol. The number of carboxylic acids is 1. The number of nitrogens with two attached hydrogens (primary N) is 1. The fourth-order valence-corrected chi connectivity index (χ4v) is 3.68. The molecule has 11 heteroatoms. The fraction of sp³-hybridized carbons (Fsp3) is 0.571. The highest BCUT2D eigenvalue weighted by Gasteiger charge is 2.29. The monoisotopic (exact) mass is 370 g/mol. The molecular weight excluding hydrogens is 348 g/mol. The molecule has 1 aromatic rings. The molecule has 25 heavy (non-hydrogen) atoms. The van der Waals surface area contributed by atoms with Crippen LogP contribution in [-0.2, 0) is 9.59 Å². The molecule has 2 saturated heterocycles. The van der Waals surface area contributed by atoms with Crippen LogP contribution in [0.4, 0.5) is 11.6 Å². The van der Waals surface area contributed by atoms with Crippen molar-refractivity contribution >= 4 is 35.8 Å². The number of hydrogen-bond acceptors (Lipinski definition) is 8. The standard InChI is InChI=1S/C9H15N5O.C5H7NO3S/c10-7-6-8(12-9(11)14(7)15)13-4-2-1-3-5-13;7-2-6-3-10-1-4(6)5(8)9/h6,11,15H,1-5,10H2;2,4H,1,3H2,(H,8,9). The second-order valence-electron chi connectivity index (χ2n) is 5.70. The number of nitrogens with one attached hydrogen (secondary N) is 1. The number of amides is 1. The fourth-order valence-electron chi connectivity index (χ4n) is 2.56. The third-order valence-electron chi connectivity index (χ3n) is 3.96. The summed E-state index contributed by atoms with van der Waals surface area (Å²) in [5.41, 5.74) is 5.33. The van der Waals surface area contributed by atoms with E-state index in [0.29, 0.717) is 28.6 Å². The number of nitrogen functional groups attached to an aromatic ring is 1. The van der Waals surface area contributed by atoms with Gasteiger partial charge in [-0.05, 0) is 19.3 Å². The van der Waals surface area contributed by atoms with Gasteiger partial charge < -0.3 is 25.8 Å². The number of thioether (sulfide) groups is 1. The zero-order valence-electron chi connectivity index (χ0n) is 13.7. The van der Waals surface area contributed by atoms with E-state index in [0.717, 1.165) is 25.9 Å². The lowest BCUT2D eigenvalue weighted by atomic mass is 10.1. The van der Waals surface area contributed by atoms with Crippen LogP contribution < -0.4 is 16.3 Å². The van der Waals surface area contributed by atoms with E-state index >= 15 is 0 Å². The summed E-state index contributed by atoms with van der Waals surface area (Å²) < 4.78 is 0.577. The molecule has 5 N–H and O–H groups in total. The van der Waals surface area contributed by atoms with Crippen LogP contribution in [0.25, 0.3) is 0 Å². The molecule has 0 radical (unpaired) electrons. The molecule has 3 rings (SSSR count). The van der Waals surface area contributed by atoms with Crippen LogP contribution >= 0.6 is 11.8 Å². The Bertz CT molecular complexity index is 676. The number of rotatable bonds is 3. The van der Waals surface area contributed by atoms with Gasteiger partial charge in [0.1, 0.15) is 17.7 Å². The lowest BCUT2D eigenvalue weighted by Gasteiger charge is -2.27. The van der Waals surface area contributed by atoms with Crippen molar-refractivity contribution in [3.63, 3.8) is 0 Å². The first-order chi connectivity index (χ1) is 11.9. The third kappa shape index (κ3) is 4.78. The van der Waals surface area contributed by atoms with Crippen molar-refractivity contribution in [1.29, 1.82) is 5.41 Å². The van der Waals surface area contributed by atoms with Crippen molar-refractivity contribution in [3.8, 4) is 0 Å². The second kappa shape index (κ2) is 8.60. The first-order valence-electron chi connectivity index (χ1n) is 7.84. The number of nitrogens with zero attached hydrogens (tertiary/aromatic N) is 4. The summed E-state index contributed by atoms with van der Waals surface area (Å²) >= 11 is 1.46. The van der Waals surface area contributed by atoms with Crippen molar-refractivity contribution in [1.82, 2.24) is 14.6 Å². The Morgan fingerprint density at radius 2 is 2.08 bits per heavy atom. The number of carbonyl (C=O) groups is 2. The van der Waals surface area contributed by atoms with E-state index < -0.39 is 12.0 Å². The highest BCUT2D eigenvalue weighted by molar-refractivity contribution is 7.99. The number of piperidine rings is 1. The Kier molecular flexibility index (Phi) is 6.51. The molecule has 10 nitrogen and oxygen atoms in total. The summed E-state index contributed by atoms with van der Waals surface area (Å²) in [6.45, 7) is 1.89. The largest absolute Gasteiger partial charge is 0.480 e. The first-order valence-corrected chi connectivity index (χ1v) is 8.99. The van der Waals surface area contributed by atoms with Gasteiger partial charge in [-0.2, -0.15) is 4.98 Å². The van der Waals surface area contributed by atoms with Crippen molar-refractivity contribution in [3.05, 3.63) is 11.7 Å². The molecule has 2 aliphatic heterocycles. The van der Waals surface area contributed by atoms with E-state index in [1.807, 2.05) is 0 Å². The molecule has 0 aromatic carbocycles. The first kappa shape index (κ1) is 18.9. The van der Waals surface area contributed by atoms with E-state index in [-0.39, 0.29) is 11.4 Å². The Balaban J connectivity index is 0.000000196. The van der Waals surface area contributed by atoms with Crippen molar-refractivity contribution in [2.45, 2.75) is 25.3 Å². The smallest absolute Gasteiger partial charge is 0.327 e. The molecule has 0 bridgehead atoms. The molecule has 0 aliphatic carbocycles. The van der Waals surface area contributed by atoms with Gasteiger partial charge in [0.05, 0.1) is 5.88 Å². The second-order valence-corrected chi connectivity index (χ2v) is 6.70. The quantitative estimate of drug-likeness (QED) is 0.421. The zero-order chi connectivity index (χ0) is 18.4. The molecule has 1 aromatic heterocycles. The molecule has 0 spiro atoms. The van der Waals surface area contributed by atoms with Gasteiger partial charge in [0.2, 0.25) is 6.41 Å². The highest BCUT2D eigenvalue weighted by atomic mass is 32.2. The minimum atomic E-state index is -0.919. The average Bonchev–Trinajstić information content (AvgIpc) is 3.09. The molecule has 1 amide bonds. The van der Waals surface area contributed by atoms with Gasteiger partial charge in [0, 0.05) is 24.9 Å². The van der Waals surface area contributed by atoms with E-state index in [9.17, 15) is 14.8 Å². The van der Waals surface area contributed by atoms with E-state index in [4.69, 9.17) is 16.2 Å². The maximum atomic E-state index is 10.4. The zero-order valence-corrected chi connectivity index (χ0v) is 14.5. The Morgan fingerprint density at radius 1 is 1.40 bits per heavy atom. The summed E-state index contributed by atoms with van der Waals surface area (Å²) in [6, 6.07) is 0.992. The molecule has 3 heterocycles. The Hall–Kier alpha value is -2.43. The van der Waals surface area contributed by atoms with Crippen molar-refractivity contribution < 1.29 is 19.9 Å². The van der Waals surface area contributed by atoms with E-state index in [1.54, 1.807) is 6.07 Å². The lowest BCUT2D eigenvalue weighted by molar-refractivity contribution is -0.144. The molecule has 2 fully saturated rings. The van der Waals surface area contributed by atoms with Gasteiger partial charge in [-0.3, -0.25) is 10.2 Å². The predicted molar refractivity (Wildman–Crippen MR) is 92.4 cm³/mol. The summed E-state index contributed by atoms with van der Waals surface area (Å²) in [4.78, 5) is 27.9. The van der Waals surface area contributed by atoms with Crippen LogP contribution in [0.2, 0.25) is 0 Å². The minimum absolute atomic E-state index is 0.149. The van der Waals surface area contributed by atoms with Gasteiger partial charge in [0.15, 0.2) is 0 Å². The SMILES string of the molecule is N=c1nc(N2CCCCC2)cc(N)n1O.O=CN1CSCC1C(=O)O. The number of aliphatic carboxylic acids is 1. The Morgan fingerprint density at radius 3 is 2.60 bits per heavy atom. The van der Waals surface area contributed by atoms with Gasteiger partial charge in [-0.15, -0.1) is 16.5 Å². The number of carboxylic acid groups (broad SMARTS) is 1.